The Bertz CT molecular complexity index is 1180. The molecule has 34 heavy (non-hydrogen) atoms. The second kappa shape index (κ2) is 10.4. The normalized spacial score (nSPS) is 13.3. The van der Waals surface area contributed by atoms with Crippen molar-refractivity contribution in [3.8, 4) is 0 Å². The smallest absolute Gasteiger partial charge is 0.294 e. The third-order valence-corrected chi connectivity index (χ3v) is 5.38. The minimum absolute atomic E-state index is 0.216. The Morgan fingerprint density at radius 1 is 1.03 bits per heavy atom. The molecule has 2 N–H and O–H groups in total. The number of pyridine rings is 1. The highest BCUT2D eigenvalue weighted by Gasteiger charge is 2.21. The van der Waals surface area contributed by atoms with Gasteiger partial charge in [-0.25, -0.2) is 9.97 Å². The number of amides is 1. The number of morpholine rings is 1. The summed E-state index contributed by atoms with van der Waals surface area (Å²) >= 11 is 6.30. The molecule has 1 amide bonds. The fourth-order valence-corrected chi connectivity index (χ4v) is 3.46. The average Bonchev–Trinajstić information content (AvgIpc) is 2.86. The lowest BCUT2D eigenvalue weighted by Gasteiger charge is -2.27. The molecule has 0 bridgehead atoms. The molecule has 0 atom stereocenters. The molecule has 0 radical (unpaired) electrons. The van der Waals surface area contributed by atoms with Gasteiger partial charge in [-0.05, 0) is 24.3 Å². The number of aromatic nitrogens is 3. The number of Topliss-reactive ketones (excluding diaryl/α,β-unsaturated/α-hetero) is 1. The number of likely N-dealkylation sites (N-methyl/N-ethyl adjacent to an activating group) is 1. The number of halogens is 1. The molecule has 176 valence electrons. The lowest BCUT2D eigenvalue weighted by molar-refractivity contribution is -0.124. The van der Waals surface area contributed by atoms with Crippen LogP contribution in [0.4, 0.5) is 29.0 Å². The van der Waals surface area contributed by atoms with Crippen molar-refractivity contribution >= 4 is 52.3 Å². The Kier molecular flexibility index (Phi) is 7.19. The van der Waals surface area contributed by atoms with E-state index in [1.165, 1.54) is 25.2 Å². The van der Waals surface area contributed by atoms with E-state index in [9.17, 15) is 9.59 Å². The zero-order chi connectivity index (χ0) is 24.1. The predicted molar refractivity (Wildman–Crippen MR) is 130 cm³/mol. The quantitative estimate of drug-likeness (QED) is 0.388. The number of ketones is 1. The van der Waals surface area contributed by atoms with Crippen LogP contribution in [0, 0.1) is 0 Å². The van der Waals surface area contributed by atoms with Crippen LogP contribution >= 0.6 is 11.6 Å². The summed E-state index contributed by atoms with van der Waals surface area (Å²) in [6, 6.07) is 10.5. The van der Waals surface area contributed by atoms with Gasteiger partial charge in [0.2, 0.25) is 5.95 Å². The van der Waals surface area contributed by atoms with Crippen molar-refractivity contribution in [2.24, 2.45) is 0 Å². The van der Waals surface area contributed by atoms with E-state index in [2.05, 4.69) is 30.5 Å². The highest BCUT2D eigenvalue weighted by molar-refractivity contribution is 6.43. The summed E-state index contributed by atoms with van der Waals surface area (Å²) in [6.45, 7) is 2.99. The van der Waals surface area contributed by atoms with Crippen molar-refractivity contribution in [1.29, 1.82) is 0 Å². The number of rotatable bonds is 7. The molecule has 0 aliphatic carbocycles. The molecule has 11 heteroatoms. The first-order valence-corrected chi connectivity index (χ1v) is 11.0. The summed E-state index contributed by atoms with van der Waals surface area (Å²) in [5, 5.41) is 6.41. The standard InChI is InChI=1S/C23H24ClN7O3/c1-30(2)22(33)20(32)16-5-3-4-6-18(16)28-21-17(24)14-26-23(29-21)27-15-7-8-19(25-13-15)31-9-11-34-12-10-31/h3-8,13-14H,9-12H2,1-2H3,(H2,26,27,28,29). The van der Waals surface area contributed by atoms with Crippen molar-refractivity contribution < 1.29 is 14.3 Å². The number of ether oxygens (including phenoxy) is 1. The van der Waals surface area contributed by atoms with Gasteiger partial charge >= 0.3 is 0 Å². The summed E-state index contributed by atoms with van der Waals surface area (Å²) in [4.78, 5) is 41.3. The minimum atomic E-state index is -0.636. The summed E-state index contributed by atoms with van der Waals surface area (Å²) in [5.41, 5.74) is 1.33. The number of nitrogens with one attached hydrogen (secondary N) is 2. The predicted octanol–water partition coefficient (Wildman–Crippen LogP) is 3.12. The van der Waals surface area contributed by atoms with Crippen molar-refractivity contribution in [2.45, 2.75) is 0 Å². The van der Waals surface area contributed by atoms with Crippen LogP contribution in [-0.2, 0) is 9.53 Å². The van der Waals surface area contributed by atoms with Gasteiger partial charge in [0.15, 0.2) is 5.82 Å². The van der Waals surface area contributed by atoms with Crippen LogP contribution in [0.3, 0.4) is 0 Å². The van der Waals surface area contributed by atoms with Crippen molar-refractivity contribution in [1.82, 2.24) is 19.9 Å². The maximum atomic E-state index is 12.6. The van der Waals surface area contributed by atoms with Crippen LogP contribution in [0.1, 0.15) is 10.4 Å². The molecule has 1 saturated heterocycles. The molecule has 3 aromatic rings. The zero-order valence-electron chi connectivity index (χ0n) is 18.8. The first-order valence-electron chi connectivity index (χ1n) is 10.6. The SMILES string of the molecule is CN(C)C(=O)C(=O)c1ccccc1Nc1nc(Nc2ccc(N3CCOCC3)nc2)ncc1Cl. The molecule has 0 spiro atoms. The van der Waals surface area contributed by atoms with Gasteiger partial charge in [0.1, 0.15) is 10.8 Å². The lowest BCUT2D eigenvalue weighted by Crippen LogP contribution is -2.36. The van der Waals surface area contributed by atoms with Crippen LogP contribution in [0.2, 0.25) is 5.02 Å². The highest BCUT2D eigenvalue weighted by atomic mass is 35.5. The van der Waals surface area contributed by atoms with Crippen LogP contribution in [0.5, 0.6) is 0 Å². The number of hydrogen-bond acceptors (Lipinski definition) is 9. The van der Waals surface area contributed by atoms with Gasteiger partial charge in [-0.2, -0.15) is 4.98 Å². The molecule has 2 aromatic heterocycles. The van der Waals surface area contributed by atoms with Crippen molar-refractivity contribution in [3.63, 3.8) is 0 Å². The maximum Gasteiger partial charge on any atom is 0.294 e. The number of anilines is 5. The van der Waals surface area contributed by atoms with Gasteiger partial charge in [-0.15, -0.1) is 0 Å². The molecule has 4 rings (SSSR count). The lowest BCUT2D eigenvalue weighted by atomic mass is 10.1. The van der Waals surface area contributed by atoms with E-state index < -0.39 is 11.7 Å². The van der Waals surface area contributed by atoms with Crippen LogP contribution in [0.15, 0.2) is 48.8 Å². The number of para-hydroxylation sites is 1. The minimum Gasteiger partial charge on any atom is -0.378 e. The third kappa shape index (κ3) is 5.41. The summed E-state index contributed by atoms with van der Waals surface area (Å²) in [6.07, 6.45) is 3.15. The van der Waals surface area contributed by atoms with Gasteiger partial charge in [0, 0.05) is 27.2 Å². The molecule has 3 heterocycles. The molecular weight excluding hydrogens is 458 g/mol. The third-order valence-electron chi connectivity index (χ3n) is 5.11. The van der Waals surface area contributed by atoms with Gasteiger partial charge in [-0.1, -0.05) is 23.7 Å². The van der Waals surface area contributed by atoms with Gasteiger partial charge in [-0.3, -0.25) is 9.59 Å². The van der Waals surface area contributed by atoms with E-state index in [1.54, 1.807) is 30.5 Å². The van der Waals surface area contributed by atoms with Gasteiger partial charge in [0.25, 0.3) is 11.7 Å². The Morgan fingerprint density at radius 2 is 1.79 bits per heavy atom. The van der Waals surface area contributed by atoms with E-state index in [4.69, 9.17) is 16.3 Å². The average molecular weight is 482 g/mol. The first-order chi connectivity index (χ1) is 16.4. The number of hydrogen-bond donors (Lipinski definition) is 2. The Morgan fingerprint density at radius 3 is 2.50 bits per heavy atom. The molecule has 1 aliphatic heterocycles. The topological polar surface area (TPSA) is 113 Å². The van der Waals surface area contributed by atoms with E-state index >= 15 is 0 Å². The monoisotopic (exact) mass is 481 g/mol. The fraction of sp³-hybridized carbons (Fsp3) is 0.261. The van der Waals surface area contributed by atoms with E-state index in [-0.39, 0.29) is 16.4 Å². The molecule has 0 unspecified atom stereocenters. The van der Waals surface area contributed by atoms with Crippen molar-refractivity contribution in [2.75, 3.05) is 55.9 Å². The number of nitrogens with zero attached hydrogens (tertiary/aromatic N) is 5. The molecular formula is C23H24ClN7O3. The van der Waals surface area contributed by atoms with Gasteiger partial charge in [0.05, 0.1) is 42.5 Å². The van der Waals surface area contributed by atoms with Crippen LogP contribution in [0.25, 0.3) is 0 Å². The van der Waals surface area contributed by atoms with E-state index in [1.807, 2.05) is 12.1 Å². The Labute approximate surface area is 201 Å². The molecule has 1 aromatic carbocycles. The first kappa shape index (κ1) is 23.4. The number of carbonyl (C=O) groups excluding carboxylic acids is 2. The summed E-state index contributed by atoms with van der Waals surface area (Å²) in [7, 11) is 3.05. The molecule has 10 nitrogen and oxygen atoms in total. The van der Waals surface area contributed by atoms with E-state index in [0.717, 1.165) is 18.9 Å². The number of benzene rings is 1. The molecule has 1 fully saturated rings. The Balaban J connectivity index is 1.51. The second-order valence-corrected chi connectivity index (χ2v) is 8.13. The van der Waals surface area contributed by atoms with Crippen LogP contribution in [-0.4, -0.2) is 71.9 Å². The van der Waals surface area contributed by atoms with E-state index in [0.29, 0.717) is 30.5 Å². The zero-order valence-corrected chi connectivity index (χ0v) is 19.5. The second-order valence-electron chi connectivity index (χ2n) is 7.72. The highest BCUT2D eigenvalue weighted by Crippen LogP contribution is 2.27. The maximum absolute atomic E-state index is 12.6. The largest absolute Gasteiger partial charge is 0.378 e. The Hall–Kier alpha value is -3.76. The summed E-state index contributed by atoms with van der Waals surface area (Å²) < 4.78 is 5.38. The number of carbonyl (C=O) groups is 2. The fourth-order valence-electron chi connectivity index (χ4n) is 3.32. The van der Waals surface area contributed by atoms with Crippen molar-refractivity contribution in [3.05, 3.63) is 59.4 Å². The summed E-state index contributed by atoms with van der Waals surface area (Å²) in [5.74, 6) is 0.193. The molecule has 1 aliphatic rings. The molecule has 0 saturated carbocycles. The van der Waals surface area contributed by atoms with Crippen LogP contribution < -0.4 is 15.5 Å². The van der Waals surface area contributed by atoms with Gasteiger partial charge < -0.3 is 25.2 Å².